The first-order valence-corrected chi connectivity index (χ1v) is 9.44. The zero-order chi connectivity index (χ0) is 21.4. The van der Waals surface area contributed by atoms with Crippen LogP contribution in [-0.4, -0.2) is 46.8 Å². The third-order valence-electron chi connectivity index (χ3n) is 4.42. The van der Waals surface area contributed by atoms with E-state index in [1.807, 2.05) is 48.9 Å². The van der Waals surface area contributed by atoms with Crippen LogP contribution in [0, 0.1) is 25.2 Å². The quantitative estimate of drug-likeness (QED) is 0.489. The third kappa shape index (κ3) is 6.19. The first kappa shape index (κ1) is 22.2. The van der Waals surface area contributed by atoms with Crippen molar-refractivity contribution in [2.24, 2.45) is 0 Å². The minimum Gasteiger partial charge on any atom is -0.452 e. The second-order valence-corrected chi connectivity index (χ2v) is 6.91. The number of esters is 1. The van der Waals surface area contributed by atoms with E-state index in [1.54, 1.807) is 13.1 Å². The number of likely N-dealkylation sites (N-methyl/N-ethyl adjacent to an activating group) is 1. The number of halogens is 1. The molecule has 0 saturated carbocycles. The first-order chi connectivity index (χ1) is 13.8. The molecule has 2 aromatic rings. The Morgan fingerprint density at radius 2 is 2.07 bits per heavy atom. The van der Waals surface area contributed by atoms with E-state index >= 15 is 0 Å². The van der Waals surface area contributed by atoms with Crippen molar-refractivity contribution in [3.8, 4) is 6.07 Å². The lowest BCUT2D eigenvalue weighted by atomic mass is 10.1. The number of hydrogen-bond donors (Lipinski definition) is 0. The molecule has 8 heteroatoms. The molecule has 0 radical (unpaired) electrons. The summed E-state index contributed by atoms with van der Waals surface area (Å²) in [6.45, 7) is 4.22. The molecule has 0 bridgehead atoms. The van der Waals surface area contributed by atoms with Crippen LogP contribution >= 0.6 is 11.6 Å². The van der Waals surface area contributed by atoms with Gasteiger partial charge in [0.15, 0.2) is 6.61 Å². The van der Waals surface area contributed by atoms with Crippen molar-refractivity contribution in [1.29, 1.82) is 5.26 Å². The predicted octanol–water partition coefficient (Wildman–Crippen LogP) is 3.13. The van der Waals surface area contributed by atoms with Crippen LogP contribution in [0.15, 0.2) is 30.3 Å². The van der Waals surface area contributed by atoms with Crippen molar-refractivity contribution in [1.82, 2.24) is 14.7 Å². The summed E-state index contributed by atoms with van der Waals surface area (Å²) in [7, 11) is 1.56. The maximum Gasteiger partial charge on any atom is 0.331 e. The molecule has 1 aromatic carbocycles. The van der Waals surface area contributed by atoms with Crippen LogP contribution < -0.4 is 0 Å². The van der Waals surface area contributed by atoms with Gasteiger partial charge in [0.25, 0.3) is 5.91 Å². The Kier molecular flexibility index (Phi) is 7.98. The van der Waals surface area contributed by atoms with E-state index in [4.69, 9.17) is 21.6 Å². The molecule has 2 rings (SSSR count). The van der Waals surface area contributed by atoms with Gasteiger partial charge in [-0.15, -0.1) is 0 Å². The number of carbonyl (C=O) groups is 2. The standard InChI is InChI=1S/C21H23ClN4O3/c1-15-18(9-10-21(28)29-14-20(27)25(3)12-6-11-23)16(2)26(24-15)13-17-7-4-5-8-19(17)22/h4-5,7-10H,6,12-14H2,1-3H3. The molecule has 29 heavy (non-hydrogen) atoms. The van der Waals surface area contributed by atoms with Crippen LogP contribution in [0.3, 0.4) is 0 Å². The Morgan fingerprint density at radius 1 is 1.34 bits per heavy atom. The number of benzene rings is 1. The summed E-state index contributed by atoms with van der Waals surface area (Å²) in [5.41, 5.74) is 3.42. The van der Waals surface area contributed by atoms with Crippen molar-refractivity contribution in [2.75, 3.05) is 20.2 Å². The minimum atomic E-state index is -0.621. The lowest BCUT2D eigenvalue weighted by Crippen LogP contribution is -2.31. The molecule has 0 spiro atoms. The van der Waals surface area contributed by atoms with Crippen LogP contribution in [0.1, 0.15) is 28.9 Å². The molecule has 0 unspecified atom stereocenters. The number of ether oxygens (including phenoxy) is 1. The van der Waals surface area contributed by atoms with Crippen LogP contribution in [0.2, 0.25) is 5.02 Å². The van der Waals surface area contributed by atoms with E-state index in [9.17, 15) is 9.59 Å². The van der Waals surface area contributed by atoms with Crippen LogP contribution in [0.5, 0.6) is 0 Å². The van der Waals surface area contributed by atoms with Crippen molar-refractivity contribution < 1.29 is 14.3 Å². The Hall–Kier alpha value is -3.11. The molecule has 7 nitrogen and oxygen atoms in total. The molecule has 0 aliphatic rings. The second-order valence-electron chi connectivity index (χ2n) is 6.50. The number of aromatic nitrogens is 2. The van der Waals surface area contributed by atoms with Gasteiger partial charge < -0.3 is 9.64 Å². The molecule has 0 saturated heterocycles. The van der Waals surface area contributed by atoms with Gasteiger partial charge in [-0.1, -0.05) is 29.8 Å². The summed E-state index contributed by atoms with van der Waals surface area (Å²) in [5, 5.41) is 13.7. The Morgan fingerprint density at radius 3 is 2.76 bits per heavy atom. The zero-order valence-electron chi connectivity index (χ0n) is 16.7. The monoisotopic (exact) mass is 414 g/mol. The van der Waals surface area contributed by atoms with Gasteiger partial charge in [0.2, 0.25) is 0 Å². The van der Waals surface area contributed by atoms with E-state index in [-0.39, 0.29) is 18.9 Å². The Labute approximate surface area is 175 Å². The van der Waals surface area contributed by atoms with Crippen molar-refractivity contribution in [2.45, 2.75) is 26.8 Å². The van der Waals surface area contributed by atoms with E-state index in [0.29, 0.717) is 18.1 Å². The van der Waals surface area contributed by atoms with E-state index in [1.165, 1.54) is 11.0 Å². The van der Waals surface area contributed by atoms with Crippen molar-refractivity contribution in [3.05, 3.63) is 57.9 Å². The number of nitrogens with zero attached hydrogens (tertiary/aromatic N) is 4. The predicted molar refractivity (Wildman–Crippen MR) is 110 cm³/mol. The maximum absolute atomic E-state index is 11.9. The fourth-order valence-corrected chi connectivity index (χ4v) is 2.87. The number of aryl methyl sites for hydroxylation is 1. The van der Waals surface area contributed by atoms with Crippen molar-refractivity contribution >= 4 is 29.6 Å². The second kappa shape index (κ2) is 10.4. The van der Waals surface area contributed by atoms with Gasteiger partial charge in [0, 0.05) is 35.9 Å². The molecule has 0 aliphatic carbocycles. The lowest BCUT2D eigenvalue weighted by Gasteiger charge is -2.14. The summed E-state index contributed by atoms with van der Waals surface area (Å²) in [6.07, 6.45) is 3.14. The average Bonchev–Trinajstić information content (AvgIpc) is 2.97. The zero-order valence-corrected chi connectivity index (χ0v) is 17.4. The SMILES string of the molecule is Cc1nn(Cc2ccccc2Cl)c(C)c1C=CC(=O)OCC(=O)N(C)CCC#N. The molecule has 1 heterocycles. The Bertz CT molecular complexity index is 959. The van der Waals surface area contributed by atoms with E-state index in [2.05, 4.69) is 5.10 Å². The largest absolute Gasteiger partial charge is 0.452 e. The van der Waals surface area contributed by atoms with Gasteiger partial charge in [-0.05, 0) is 31.6 Å². The summed E-state index contributed by atoms with van der Waals surface area (Å²) in [4.78, 5) is 25.1. The fraction of sp³-hybridized carbons (Fsp3) is 0.333. The lowest BCUT2D eigenvalue weighted by molar-refractivity contribution is -0.147. The summed E-state index contributed by atoms with van der Waals surface area (Å²) in [6, 6.07) is 9.53. The maximum atomic E-state index is 11.9. The van der Waals surface area contributed by atoms with Gasteiger partial charge in [-0.25, -0.2) is 4.79 Å². The highest BCUT2D eigenvalue weighted by atomic mass is 35.5. The summed E-state index contributed by atoms with van der Waals surface area (Å²) < 4.78 is 6.81. The van der Waals surface area contributed by atoms with Crippen LogP contribution in [0.25, 0.3) is 6.08 Å². The topological polar surface area (TPSA) is 88.2 Å². The molecular weight excluding hydrogens is 392 g/mol. The highest BCUT2D eigenvalue weighted by molar-refractivity contribution is 6.31. The third-order valence-corrected chi connectivity index (χ3v) is 4.79. The number of hydrogen-bond acceptors (Lipinski definition) is 5. The van der Waals surface area contributed by atoms with Gasteiger partial charge in [-0.3, -0.25) is 9.48 Å². The molecule has 0 atom stereocenters. The molecule has 0 fully saturated rings. The highest BCUT2D eigenvalue weighted by Gasteiger charge is 2.13. The summed E-state index contributed by atoms with van der Waals surface area (Å²) in [5.74, 6) is -0.980. The fourth-order valence-electron chi connectivity index (χ4n) is 2.68. The molecule has 1 amide bonds. The summed E-state index contributed by atoms with van der Waals surface area (Å²) >= 11 is 6.22. The molecule has 152 valence electrons. The molecular formula is C21H23ClN4O3. The Balaban J connectivity index is 1.99. The van der Waals surface area contributed by atoms with Crippen LogP contribution in [-0.2, 0) is 20.9 Å². The highest BCUT2D eigenvalue weighted by Crippen LogP contribution is 2.20. The average molecular weight is 415 g/mol. The molecule has 0 N–H and O–H groups in total. The van der Waals surface area contributed by atoms with Gasteiger partial charge in [0.05, 0.1) is 24.7 Å². The smallest absolute Gasteiger partial charge is 0.331 e. The number of carbonyl (C=O) groups excluding carboxylic acids is 2. The van der Waals surface area contributed by atoms with Gasteiger partial charge >= 0.3 is 5.97 Å². The normalized spacial score (nSPS) is 10.7. The van der Waals surface area contributed by atoms with E-state index in [0.717, 1.165) is 22.5 Å². The number of rotatable bonds is 8. The minimum absolute atomic E-state index is 0.229. The van der Waals surface area contributed by atoms with Crippen LogP contribution in [0.4, 0.5) is 0 Å². The molecule has 1 aromatic heterocycles. The van der Waals surface area contributed by atoms with E-state index < -0.39 is 5.97 Å². The first-order valence-electron chi connectivity index (χ1n) is 9.06. The number of amides is 1. The van der Waals surface area contributed by atoms with Gasteiger partial charge in [0.1, 0.15) is 0 Å². The molecule has 0 aliphatic heterocycles. The van der Waals surface area contributed by atoms with Gasteiger partial charge in [-0.2, -0.15) is 10.4 Å². The van der Waals surface area contributed by atoms with Crippen molar-refractivity contribution in [3.63, 3.8) is 0 Å². The number of nitriles is 1.